The van der Waals surface area contributed by atoms with Gasteiger partial charge in [-0.2, -0.15) is 0 Å². The van der Waals surface area contributed by atoms with E-state index in [-0.39, 0.29) is 11.4 Å². The topological polar surface area (TPSA) is 94.2 Å². The molecule has 1 N–H and O–H groups in total. The highest BCUT2D eigenvalue weighted by Crippen LogP contribution is 2.14. The van der Waals surface area contributed by atoms with Crippen LogP contribution in [-0.2, 0) is 9.47 Å². The lowest BCUT2D eigenvalue weighted by atomic mass is 10.1. The van der Waals surface area contributed by atoms with Gasteiger partial charge >= 0.3 is 11.9 Å². The van der Waals surface area contributed by atoms with E-state index in [2.05, 4.69) is 24.4 Å². The molecule has 0 amide bonds. The molecule has 0 saturated heterocycles. The fourth-order valence-electron chi connectivity index (χ4n) is 2.29. The van der Waals surface area contributed by atoms with Gasteiger partial charge in [-0.1, -0.05) is 18.2 Å². The number of carbonyl (C=O) groups excluding carboxylic acids is 2. The normalized spacial score (nSPS) is 11.0. The van der Waals surface area contributed by atoms with E-state index in [1.165, 1.54) is 26.4 Å². The van der Waals surface area contributed by atoms with Gasteiger partial charge in [0.1, 0.15) is 17.2 Å². The lowest BCUT2D eigenvalue weighted by Crippen LogP contribution is -2.11. The molecule has 3 rings (SSSR count). The van der Waals surface area contributed by atoms with Crippen molar-refractivity contribution in [2.24, 2.45) is 0 Å². The van der Waals surface area contributed by atoms with Gasteiger partial charge in [-0.05, 0) is 35.9 Å². The summed E-state index contributed by atoms with van der Waals surface area (Å²) in [5, 5.41) is 0. The van der Waals surface area contributed by atoms with E-state index in [9.17, 15) is 9.59 Å². The zero-order valence-corrected chi connectivity index (χ0v) is 13.6. The van der Waals surface area contributed by atoms with Gasteiger partial charge in [-0.25, -0.2) is 19.6 Å². The Morgan fingerprint density at radius 2 is 1.60 bits per heavy atom. The van der Waals surface area contributed by atoms with Crippen molar-refractivity contribution in [2.45, 2.75) is 0 Å². The quantitative estimate of drug-likeness (QED) is 0.736. The van der Waals surface area contributed by atoms with E-state index < -0.39 is 11.9 Å². The van der Waals surface area contributed by atoms with E-state index in [1.807, 2.05) is 24.3 Å². The predicted molar refractivity (Wildman–Crippen MR) is 91.9 cm³/mol. The fourth-order valence-corrected chi connectivity index (χ4v) is 2.29. The molecule has 0 aliphatic carbocycles. The van der Waals surface area contributed by atoms with Crippen LogP contribution < -0.4 is 0 Å². The van der Waals surface area contributed by atoms with E-state index in [1.54, 1.807) is 12.2 Å². The zero-order valence-electron chi connectivity index (χ0n) is 13.6. The minimum atomic E-state index is -0.635. The summed E-state index contributed by atoms with van der Waals surface area (Å²) in [5.41, 5.74) is 2.41. The second-order valence-electron chi connectivity index (χ2n) is 5.13. The van der Waals surface area contributed by atoms with E-state index in [0.29, 0.717) is 11.4 Å². The Hall–Kier alpha value is -3.48. The molecule has 0 radical (unpaired) electrons. The van der Waals surface area contributed by atoms with Gasteiger partial charge in [0.05, 0.1) is 25.3 Å². The maximum atomic E-state index is 11.7. The summed E-state index contributed by atoms with van der Waals surface area (Å²) in [4.78, 5) is 35.0. The molecule has 0 fully saturated rings. The molecule has 0 aliphatic rings. The minimum Gasteiger partial charge on any atom is -0.464 e. The van der Waals surface area contributed by atoms with Gasteiger partial charge < -0.3 is 14.5 Å². The number of benzene rings is 1. The standard InChI is InChI=1S/C18H15N3O4/c1-24-17(22)14-9-11(10-15(19-14)18(23)25-2)7-8-16-20-12-5-3-4-6-13(12)21-16/h3-10H,1-2H3,(H,20,21)/b8-7+. The molecule has 7 nitrogen and oxygen atoms in total. The number of nitrogens with zero attached hydrogens (tertiary/aromatic N) is 2. The van der Waals surface area contributed by atoms with Crippen LogP contribution in [0.5, 0.6) is 0 Å². The van der Waals surface area contributed by atoms with Crippen molar-refractivity contribution in [1.82, 2.24) is 15.0 Å². The number of esters is 2. The predicted octanol–water partition coefficient (Wildman–Crippen LogP) is 2.70. The molecular weight excluding hydrogens is 322 g/mol. The van der Waals surface area contributed by atoms with E-state index in [0.717, 1.165) is 11.0 Å². The maximum Gasteiger partial charge on any atom is 0.356 e. The number of nitrogens with one attached hydrogen (secondary N) is 1. The molecule has 126 valence electrons. The van der Waals surface area contributed by atoms with Crippen molar-refractivity contribution in [2.75, 3.05) is 14.2 Å². The van der Waals surface area contributed by atoms with Crippen molar-refractivity contribution in [3.8, 4) is 0 Å². The molecule has 7 heteroatoms. The number of imidazole rings is 1. The van der Waals surface area contributed by atoms with E-state index in [4.69, 9.17) is 0 Å². The maximum absolute atomic E-state index is 11.7. The number of hydrogen-bond acceptors (Lipinski definition) is 6. The number of para-hydroxylation sites is 2. The molecule has 3 aromatic rings. The van der Waals surface area contributed by atoms with Crippen LogP contribution >= 0.6 is 0 Å². The smallest absolute Gasteiger partial charge is 0.356 e. The number of H-pyrrole nitrogens is 1. The lowest BCUT2D eigenvalue weighted by molar-refractivity contribution is 0.0585. The Bertz CT molecular complexity index is 908. The van der Waals surface area contributed by atoms with Gasteiger partial charge in [0.25, 0.3) is 0 Å². The largest absolute Gasteiger partial charge is 0.464 e. The first-order chi connectivity index (χ1) is 12.1. The fraction of sp³-hybridized carbons (Fsp3) is 0.111. The third-order valence-electron chi connectivity index (χ3n) is 3.48. The SMILES string of the molecule is COC(=O)c1cc(/C=C/c2nc3ccccc3[nH]2)cc(C(=O)OC)n1. The summed E-state index contributed by atoms with van der Waals surface area (Å²) in [6, 6.07) is 10.7. The van der Waals surface area contributed by atoms with Crippen molar-refractivity contribution in [3.05, 3.63) is 59.2 Å². The van der Waals surface area contributed by atoms with Gasteiger partial charge in [0, 0.05) is 0 Å². The average Bonchev–Trinajstić information content (AvgIpc) is 3.07. The van der Waals surface area contributed by atoms with E-state index >= 15 is 0 Å². The van der Waals surface area contributed by atoms with Crippen LogP contribution in [0.15, 0.2) is 36.4 Å². The second kappa shape index (κ2) is 6.96. The molecule has 2 heterocycles. The van der Waals surface area contributed by atoms with Gasteiger partial charge in [-0.15, -0.1) is 0 Å². The first kappa shape index (κ1) is 16.4. The Morgan fingerprint density at radius 3 is 2.20 bits per heavy atom. The van der Waals surface area contributed by atoms with Crippen LogP contribution in [0.4, 0.5) is 0 Å². The summed E-state index contributed by atoms with van der Waals surface area (Å²) in [6.45, 7) is 0. The minimum absolute atomic E-state index is 0.0228. The summed E-state index contributed by atoms with van der Waals surface area (Å²) >= 11 is 0. The molecule has 0 spiro atoms. The lowest BCUT2D eigenvalue weighted by Gasteiger charge is -2.04. The second-order valence-corrected chi connectivity index (χ2v) is 5.13. The molecule has 0 atom stereocenters. The summed E-state index contributed by atoms with van der Waals surface area (Å²) in [6.07, 6.45) is 3.47. The molecule has 0 bridgehead atoms. The monoisotopic (exact) mass is 337 g/mol. The Morgan fingerprint density at radius 1 is 0.960 bits per heavy atom. The number of rotatable bonds is 4. The number of aromatic amines is 1. The molecule has 1 aromatic carbocycles. The zero-order chi connectivity index (χ0) is 17.8. The Balaban J connectivity index is 1.97. The highest BCUT2D eigenvalue weighted by molar-refractivity contribution is 5.93. The number of methoxy groups -OCH3 is 2. The number of ether oxygens (including phenoxy) is 2. The number of hydrogen-bond donors (Lipinski definition) is 1. The Labute approximate surface area is 143 Å². The first-order valence-corrected chi connectivity index (χ1v) is 7.42. The number of pyridine rings is 1. The van der Waals surface area contributed by atoms with Crippen molar-refractivity contribution in [1.29, 1.82) is 0 Å². The summed E-state index contributed by atoms with van der Waals surface area (Å²) in [7, 11) is 2.50. The van der Waals surface area contributed by atoms with Crippen LogP contribution in [0.3, 0.4) is 0 Å². The average molecular weight is 337 g/mol. The molecule has 25 heavy (non-hydrogen) atoms. The molecular formula is C18H15N3O4. The highest BCUT2D eigenvalue weighted by atomic mass is 16.5. The van der Waals surface area contributed by atoms with Crippen molar-refractivity contribution < 1.29 is 19.1 Å². The summed E-state index contributed by atoms with van der Waals surface area (Å²) in [5.74, 6) is -0.620. The van der Waals surface area contributed by atoms with Crippen LogP contribution in [0.2, 0.25) is 0 Å². The van der Waals surface area contributed by atoms with Gasteiger partial charge in [-0.3, -0.25) is 0 Å². The number of aromatic nitrogens is 3. The van der Waals surface area contributed by atoms with Crippen LogP contribution in [-0.4, -0.2) is 41.1 Å². The third-order valence-corrected chi connectivity index (χ3v) is 3.48. The van der Waals surface area contributed by atoms with Crippen LogP contribution in [0, 0.1) is 0 Å². The van der Waals surface area contributed by atoms with Crippen LogP contribution in [0.1, 0.15) is 32.4 Å². The van der Waals surface area contributed by atoms with Gasteiger partial charge in [0.2, 0.25) is 0 Å². The van der Waals surface area contributed by atoms with Crippen LogP contribution in [0.25, 0.3) is 23.2 Å². The number of carbonyl (C=O) groups is 2. The molecule has 0 unspecified atom stereocenters. The third kappa shape index (κ3) is 3.55. The Kier molecular flexibility index (Phi) is 4.56. The van der Waals surface area contributed by atoms with Gasteiger partial charge in [0.15, 0.2) is 0 Å². The molecule has 2 aromatic heterocycles. The highest BCUT2D eigenvalue weighted by Gasteiger charge is 2.14. The summed E-state index contributed by atoms with van der Waals surface area (Å²) < 4.78 is 9.33. The first-order valence-electron chi connectivity index (χ1n) is 7.42. The van der Waals surface area contributed by atoms with Crippen molar-refractivity contribution >= 4 is 35.1 Å². The molecule has 0 saturated carbocycles. The molecule has 0 aliphatic heterocycles. The van der Waals surface area contributed by atoms with Crippen molar-refractivity contribution in [3.63, 3.8) is 0 Å². The number of fused-ring (bicyclic) bond motifs is 1.